The molecule has 26 heavy (non-hydrogen) atoms. The lowest BCUT2D eigenvalue weighted by Gasteiger charge is -2.19. The number of carbonyl (C=O) groups excluding carboxylic acids is 1. The summed E-state index contributed by atoms with van der Waals surface area (Å²) in [6.07, 6.45) is 1.23. The third-order valence-electron chi connectivity index (χ3n) is 4.53. The van der Waals surface area contributed by atoms with Gasteiger partial charge in [-0.2, -0.15) is 5.10 Å². The highest BCUT2D eigenvalue weighted by atomic mass is 35.5. The molecule has 0 bridgehead atoms. The number of carboxylic acids is 1. The molecule has 2 heterocycles. The van der Waals surface area contributed by atoms with Gasteiger partial charge in [0.15, 0.2) is 0 Å². The van der Waals surface area contributed by atoms with Crippen LogP contribution >= 0.6 is 11.6 Å². The van der Waals surface area contributed by atoms with E-state index in [1.54, 1.807) is 22.9 Å². The van der Waals surface area contributed by atoms with Crippen molar-refractivity contribution in [1.29, 1.82) is 0 Å². The van der Waals surface area contributed by atoms with Crippen LogP contribution in [0.2, 0.25) is 5.02 Å². The van der Waals surface area contributed by atoms with E-state index in [0.717, 1.165) is 0 Å². The van der Waals surface area contributed by atoms with Gasteiger partial charge in [-0.1, -0.05) is 31.5 Å². The van der Waals surface area contributed by atoms with E-state index >= 15 is 0 Å². The second kappa shape index (κ2) is 6.72. The van der Waals surface area contributed by atoms with Crippen LogP contribution in [0.15, 0.2) is 30.5 Å². The number of amides is 1. The smallest absolute Gasteiger partial charge is 0.343 e. The Morgan fingerprint density at radius 3 is 2.69 bits per heavy atom. The largest absolute Gasteiger partial charge is 0.479 e. The summed E-state index contributed by atoms with van der Waals surface area (Å²) in [5.74, 6) is -1.98. The van der Waals surface area contributed by atoms with Crippen LogP contribution in [-0.2, 0) is 4.79 Å². The zero-order valence-corrected chi connectivity index (χ0v) is 15.2. The number of rotatable bonds is 4. The number of benzene rings is 1. The van der Waals surface area contributed by atoms with Crippen molar-refractivity contribution in [2.45, 2.75) is 31.9 Å². The number of alkyl halides is 1. The number of hydrogen-bond donors (Lipinski definition) is 1. The van der Waals surface area contributed by atoms with Gasteiger partial charge in [-0.05, 0) is 24.1 Å². The van der Waals surface area contributed by atoms with E-state index < -0.39 is 24.1 Å². The van der Waals surface area contributed by atoms with Crippen LogP contribution in [0.4, 0.5) is 4.39 Å². The predicted octanol–water partition coefficient (Wildman–Crippen LogP) is 3.29. The van der Waals surface area contributed by atoms with E-state index in [2.05, 4.69) is 5.10 Å². The zero-order chi connectivity index (χ0) is 19.1. The summed E-state index contributed by atoms with van der Waals surface area (Å²) in [4.78, 5) is 25.2. The number of likely N-dealkylation sites (tertiary alicyclic amines) is 1. The van der Waals surface area contributed by atoms with Crippen LogP contribution in [0.3, 0.4) is 0 Å². The Labute approximate surface area is 155 Å². The van der Waals surface area contributed by atoms with Crippen molar-refractivity contribution in [2.75, 3.05) is 13.1 Å². The Bertz CT molecular complexity index is 867. The second-order valence-electron chi connectivity index (χ2n) is 6.74. The molecule has 0 spiro atoms. The molecule has 1 fully saturated rings. The number of aliphatic carboxylic acids is 1. The summed E-state index contributed by atoms with van der Waals surface area (Å²) in [6, 6.07) is 7.09. The van der Waals surface area contributed by atoms with Crippen LogP contribution in [0.25, 0.3) is 5.69 Å². The molecule has 1 amide bonds. The van der Waals surface area contributed by atoms with Gasteiger partial charge in [0, 0.05) is 18.0 Å². The van der Waals surface area contributed by atoms with Gasteiger partial charge in [-0.15, -0.1) is 0 Å². The molecule has 6 nitrogen and oxygen atoms in total. The van der Waals surface area contributed by atoms with Crippen molar-refractivity contribution in [1.82, 2.24) is 14.7 Å². The van der Waals surface area contributed by atoms with Crippen molar-refractivity contribution in [3.63, 3.8) is 0 Å². The quantitative estimate of drug-likeness (QED) is 0.884. The Hall–Kier alpha value is -2.41. The number of nitrogens with zero attached hydrogens (tertiary/aromatic N) is 3. The topological polar surface area (TPSA) is 75.4 Å². The first-order valence-corrected chi connectivity index (χ1v) is 8.66. The van der Waals surface area contributed by atoms with E-state index in [9.17, 15) is 14.0 Å². The van der Waals surface area contributed by atoms with Gasteiger partial charge in [0.05, 0.1) is 29.7 Å². The van der Waals surface area contributed by atoms with Crippen molar-refractivity contribution < 1.29 is 19.1 Å². The predicted molar refractivity (Wildman–Crippen MR) is 94.7 cm³/mol. The molecule has 1 atom stereocenters. The van der Waals surface area contributed by atoms with Gasteiger partial charge in [-0.3, -0.25) is 4.79 Å². The van der Waals surface area contributed by atoms with Gasteiger partial charge in [0.1, 0.15) is 0 Å². The molecular formula is C18H19ClFN3O3. The summed E-state index contributed by atoms with van der Waals surface area (Å²) >= 11 is 6.05. The fourth-order valence-corrected chi connectivity index (χ4v) is 3.37. The molecule has 1 N–H and O–H groups in total. The summed E-state index contributed by atoms with van der Waals surface area (Å²) in [5, 5.41) is 13.9. The van der Waals surface area contributed by atoms with Gasteiger partial charge in [0.25, 0.3) is 5.91 Å². The number of aromatic nitrogens is 2. The molecule has 1 saturated heterocycles. The highest BCUT2D eigenvalue weighted by Gasteiger charge is 2.47. The minimum Gasteiger partial charge on any atom is -0.479 e. The van der Waals surface area contributed by atoms with Gasteiger partial charge in [-0.25, -0.2) is 13.9 Å². The van der Waals surface area contributed by atoms with Gasteiger partial charge in [0.2, 0.25) is 5.67 Å². The Morgan fingerprint density at radius 2 is 2.12 bits per heavy atom. The van der Waals surface area contributed by atoms with Crippen molar-refractivity contribution in [3.8, 4) is 5.69 Å². The molecule has 0 radical (unpaired) electrons. The first-order valence-electron chi connectivity index (χ1n) is 8.28. The molecule has 3 rings (SSSR count). The fourth-order valence-electron chi connectivity index (χ4n) is 3.18. The van der Waals surface area contributed by atoms with E-state index in [4.69, 9.17) is 16.7 Å². The molecule has 138 valence electrons. The standard InChI is InChI=1S/C18H19ClFN3O3/c1-11(2)15-14(9-21-23(15)13-5-3-4-12(19)8-13)16(24)22-7-6-18(20,10-22)17(25)26/h3-5,8-9,11H,6-7,10H2,1-2H3,(H,25,26). The van der Waals surface area contributed by atoms with E-state index in [0.29, 0.717) is 22.0 Å². The van der Waals surface area contributed by atoms with Crippen LogP contribution in [0.1, 0.15) is 42.2 Å². The molecule has 0 aliphatic carbocycles. The Morgan fingerprint density at radius 1 is 1.38 bits per heavy atom. The lowest BCUT2D eigenvalue weighted by Crippen LogP contribution is -2.39. The van der Waals surface area contributed by atoms with E-state index in [-0.39, 0.29) is 18.9 Å². The molecule has 1 aromatic heterocycles. The summed E-state index contributed by atoms with van der Waals surface area (Å²) in [7, 11) is 0. The first kappa shape index (κ1) is 18.4. The maximum Gasteiger partial charge on any atom is 0.343 e. The summed E-state index contributed by atoms with van der Waals surface area (Å²) in [6.45, 7) is 3.45. The monoisotopic (exact) mass is 379 g/mol. The molecular weight excluding hydrogens is 361 g/mol. The highest BCUT2D eigenvalue weighted by Crippen LogP contribution is 2.30. The maximum atomic E-state index is 14.3. The minimum atomic E-state index is -2.39. The number of halogens is 2. The molecule has 0 saturated carbocycles. The SMILES string of the molecule is CC(C)c1c(C(=O)N2CCC(F)(C(=O)O)C2)cnn1-c1cccc(Cl)c1. The molecule has 1 aromatic carbocycles. The van der Waals surface area contributed by atoms with Crippen molar-refractivity contribution >= 4 is 23.5 Å². The van der Waals surface area contributed by atoms with Crippen molar-refractivity contribution in [3.05, 3.63) is 46.7 Å². The number of hydrogen-bond acceptors (Lipinski definition) is 3. The highest BCUT2D eigenvalue weighted by molar-refractivity contribution is 6.30. The van der Waals surface area contributed by atoms with Crippen LogP contribution in [0.5, 0.6) is 0 Å². The molecule has 2 aromatic rings. The summed E-state index contributed by atoms with van der Waals surface area (Å²) in [5.41, 5.74) is -0.665. The lowest BCUT2D eigenvalue weighted by atomic mass is 10.0. The number of carboxylic acid groups (broad SMARTS) is 1. The van der Waals surface area contributed by atoms with Crippen LogP contribution < -0.4 is 0 Å². The first-order chi connectivity index (χ1) is 12.2. The van der Waals surface area contributed by atoms with Crippen LogP contribution in [-0.4, -0.2) is 50.4 Å². The summed E-state index contributed by atoms with van der Waals surface area (Å²) < 4.78 is 15.9. The maximum absolute atomic E-state index is 14.3. The molecule has 1 aliphatic rings. The normalized spacial score (nSPS) is 20.0. The minimum absolute atomic E-state index is 0.0346. The van der Waals surface area contributed by atoms with E-state index in [1.165, 1.54) is 11.1 Å². The van der Waals surface area contributed by atoms with Crippen LogP contribution in [0, 0.1) is 0 Å². The molecule has 8 heteroatoms. The Balaban J connectivity index is 1.96. The lowest BCUT2D eigenvalue weighted by molar-refractivity contribution is -0.149. The average Bonchev–Trinajstić information content (AvgIpc) is 3.19. The van der Waals surface area contributed by atoms with Crippen molar-refractivity contribution in [2.24, 2.45) is 0 Å². The number of carbonyl (C=O) groups is 2. The second-order valence-corrected chi connectivity index (χ2v) is 7.17. The zero-order valence-electron chi connectivity index (χ0n) is 14.4. The third-order valence-corrected chi connectivity index (χ3v) is 4.76. The average molecular weight is 380 g/mol. The van der Waals surface area contributed by atoms with Gasteiger partial charge < -0.3 is 10.0 Å². The fraction of sp³-hybridized carbons (Fsp3) is 0.389. The Kier molecular flexibility index (Phi) is 4.75. The molecule has 1 aliphatic heterocycles. The van der Waals surface area contributed by atoms with Gasteiger partial charge >= 0.3 is 5.97 Å². The van der Waals surface area contributed by atoms with E-state index in [1.807, 2.05) is 19.9 Å². The molecule has 1 unspecified atom stereocenters. The third kappa shape index (κ3) is 3.19.